The fourth-order valence-corrected chi connectivity index (χ4v) is 3.85. The average molecular weight is 299 g/mol. The number of fused-ring (bicyclic) bond motifs is 1. The number of nitrogens with one attached hydrogen (secondary N) is 1. The van der Waals surface area contributed by atoms with E-state index in [0.717, 1.165) is 26.1 Å². The van der Waals surface area contributed by atoms with Crippen LogP contribution in [-0.2, 0) is 25.9 Å². The number of H-pyrrole nitrogens is 1. The van der Waals surface area contributed by atoms with Gasteiger partial charge in [-0.25, -0.2) is 4.98 Å². The van der Waals surface area contributed by atoms with Crippen molar-refractivity contribution in [2.75, 3.05) is 6.54 Å². The van der Waals surface area contributed by atoms with Gasteiger partial charge in [0.25, 0.3) is 0 Å². The molecule has 1 N–H and O–H groups in total. The van der Waals surface area contributed by atoms with Crippen molar-refractivity contribution in [3.05, 3.63) is 35.2 Å². The standard InChI is InChI=1S/C17H25N5/c1-2-22-12-13(10-18-22)11-21-9-5-8-16(21)17-19-14-6-3-4-7-15(14)20-17/h10,12,16H,2-9,11H2,1H3,(H,19,20)/t16-/m1/s1. The van der Waals surface area contributed by atoms with E-state index >= 15 is 0 Å². The van der Waals surface area contributed by atoms with Crippen LogP contribution in [0.4, 0.5) is 0 Å². The maximum Gasteiger partial charge on any atom is 0.124 e. The Labute approximate surface area is 131 Å². The molecule has 118 valence electrons. The highest BCUT2D eigenvalue weighted by Crippen LogP contribution is 2.33. The Hall–Kier alpha value is -1.62. The van der Waals surface area contributed by atoms with Gasteiger partial charge in [-0.15, -0.1) is 0 Å². The van der Waals surface area contributed by atoms with Crippen LogP contribution in [-0.4, -0.2) is 31.2 Å². The average Bonchev–Trinajstić information content (AvgIpc) is 3.25. The number of aromatic amines is 1. The summed E-state index contributed by atoms with van der Waals surface area (Å²) in [4.78, 5) is 11.1. The molecule has 0 bridgehead atoms. The highest BCUT2D eigenvalue weighted by Gasteiger charge is 2.29. The number of likely N-dealkylation sites (tertiary alicyclic amines) is 1. The number of hydrogen-bond acceptors (Lipinski definition) is 3. The molecule has 2 aromatic heterocycles. The Morgan fingerprint density at radius 2 is 2.18 bits per heavy atom. The van der Waals surface area contributed by atoms with Crippen LogP contribution in [0.25, 0.3) is 0 Å². The Balaban J connectivity index is 1.51. The summed E-state index contributed by atoms with van der Waals surface area (Å²) < 4.78 is 2.01. The number of aryl methyl sites for hydroxylation is 3. The molecule has 0 aromatic carbocycles. The van der Waals surface area contributed by atoms with Crippen LogP contribution in [0.2, 0.25) is 0 Å². The number of nitrogens with zero attached hydrogens (tertiary/aromatic N) is 4. The second-order valence-corrected chi connectivity index (χ2v) is 6.59. The topological polar surface area (TPSA) is 49.7 Å². The molecule has 0 amide bonds. The molecule has 2 aliphatic rings. The van der Waals surface area contributed by atoms with Crippen LogP contribution in [0.15, 0.2) is 12.4 Å². The Morgan fingerprint density at radius 3 is 3.00 bits per heavy atom. The first-order chi connectivity index (χ1) is 10.8. The number of hydrogen-bond donors (Lipinski definition) is 1. The molecular formula is C17H25N5. The van der Waals surface area contributed by atoms with E-state index in [1.807, 2.05) is 10.9 Å². The first-order valence-electron chi connectivity index (χ1n) is 8.66. The maximum absolute atomic E-state index is 4.93. The summed E-state index contributed by atoms with van der Waals surface area (Å²) in [6.45, 7) is 5.21. The van der Waals surface area contributed by atoms with Gasteiger partial charge >= 0.3 is 0 Å². The van der Waals surface area contributed by atoms with Gasteiger partial charge < -0.3 is 4.98 Å². The Bertz CT molecular complexity index is 618. The molecule has 22 heavy (non-hydrogen) atoms. The minimum atomic E-state index is 0.454. The van der Waals surface area contributed by atoms with Crippen LogP contribution in [0, 0.1) is 0 Å². The van der Waals surface area contributed by atoms with Gasteiger partial charge in [0.2, 0.25) is 0 Å². The van der Waals surface area contributed by atoms with E-state index in [1.54, 1.807) is 0 Å². The zero-order valence-electron chi connectivity index (χ0n) is 13.4. The van der Waals surface area contributed by atoms with Gasteiger partial charge in [-0.05, 0) is 52.0 Å². The van der Waals surface area contributed by atoms with Crippen LogP contribution < -0.4 is 0 Å². The molecule has 4 rings (SSSR count). The molecule has 1 aliphatic carbocycles. The van der Waals surface area contributed by atoms with Gasteiger partial charge in [0, 0.05) is 30.5 Å². The lowest BCUT2D eigenvalue weighted by molar-refractivity contribution is 0.240. The zero-order chi connectivity index (χ0) is 14.9. The van der Waals surface area contributed by atoms with E-state index in [-0.39, 0.29) is 0 Å². The largest absolute Gasteiger partial charge is 0.344 e. The highest BCUT2D eigenvalue weighted by atomic mass is 15.3. The molecule has 1 saturated heterocycles. The van der Waals surface area contributed by atoms with Gasteiger partial charge in [0.05, 0.1) is 17.9 Å². The van der Waals surface area contributed by atoms with Crippen molar-refractivity contribution in [3.63, 3.8) is 0 Å². The third-order valence-corrected chi connectivity index (χ3v) is 5.05. The lowest BCUT2D eigenvalue weighted by atomic mass is 10.0. The van der Waals surface area contributed by atoms with E-state index in [1.165, 1.54) is 54.9 Å². The van der Waals surface area contributed by atoms with Crippen molar-refractivity contribution in [1.29, 1.82) is 0 Å². The van der Waals surface area contributed by atoms with Gasteiger partial charge in [-0.1, -0.05) is 0 Å². The minimum Gasteiger partial charge on any atom is -0.344 e. The van der Waals surface area contributed by atoms with E-state index in [0.29, 0.717) is 6.04 Å². The van der Waals surface area contributed by atoms with Crippen molar-refractivity contribution < 1.29 is 0 Å². The second-order valence-electron chi connectivity index (χ2n) is 6.59. The Morgan fingerprint density at radius 1 is 1.27 bits per heavy atom. The fraction of sp³-hybridized carbons (Fsp3) is 0.647. The molecule has 0 spiro atoms. The first kappa shape index (κ1) is 14.0. The van der Waals surface area contributed by atoms with Gasteiger partial charge in [0.1, 0.15) is 5.82 Å². The lowest BCUT2D eigenvalue weighted by Gasteiger charge is -2.22. The van der Waals surface area contributed by atoms with E-state index in [9.17, 15) is 0 Å². The molecule has 3 heterocycles. The van der Waals surface area contributed by atoms with Crippen LogP contribution >= 0.6 is 0 Å². The monoisotopic (exact) mass is 299 g/mol. The summed E-state index contributed by atoms with van der Waals surface area (Å²) in [5, 5.41) is 4.39. The predicted octanol–water partition coefficient (Wildman–Crippen LogP) is 2.84. The Kier molecular flexibility index (Phi) is 3.74. The summed E-state index contributed by atoms with van der Waals surface area (Å²) in [5.74, 6) is 1.20. The lowest BCUT2D eigenvalue weighted by Crippen LogP contribution is -2.23. The van der Waals surface area contributed by atoms with Crippen LogP contribution in [0.3, 0.4) is 0 Å². The van der Waals surface area contributed by atoms with Crippen molar-refractivity contribution >= 4 is 0 Å². The molecule has 1 aliphatic heterocycles. The third kappa shape index (κ3) is 2.58. The first-order valence-corrected chi connectivity index (χ1v) is 8.66. The van der Waals surface area contributed by atoms with E-state index < -0.39 is 0 Å². The molecule has 2 aromatic rings. The molecule has 5 nitrogen and oxygen atoms in total. The quantitative estimate of drug-likeness (QED) is 0.944. The smallest absolute Gasteiger partial charge is 0.124 e. The van der Waals surface area contributed by atoms with Crippen LogP contribution in [0.1, 0.15) is 61.4 Å². The molecular weight excluding hydrogens is 274 g/mol. The minimum absolute atomic E-state index is 0.454. The molecule has 0 radical (unpaired) electrons. The molecule has 5 heteroatoms. The van der Waals surface area contributed by atoms with Crippen molar-refractivity contribution in [2.45, 2.75) is 64.6 Å². The van der Waals surface area contributed by atoms with Crippen molar-refractivity contribution in [1.82, 2.24) is 24.6 Å². The summed E-state index contributed by atoms with van der Waals surface area (Å²) >= 11 is 0. The predicted molar refractivity (Wildman–Crippen MR) is 85.5 cm³/mol. The van der Waals surface area contributed by atoms with Gasteiger partial charge in [-0.3, -0.25) is 9.58 Å². The zero-order valence-corrected chi connectivity index (χ0v) is 13.4. The normalized spacial score (nSPS) is 22.1. The van der Waals surface area contributed by atoms with E-state index in [4.69, 9.17) is 4.98 Å². The third-order valence-electron chi connectivity index (χ3n) is 5.05. The van der Waals surface area contributed by atoms with Gasteiger partial charge in [0.15, 0.2) is 0 Å². The number of aromatic nitrogens is 4. The van der Waals surface area contributed by atoms with E-state index in [2.05, 4.69) is 28.1 Å². The highest BCUT2D eigenvalue weighted by molar-refractivity contribution is 5.20. The number of rotatable bonds is 4. The van der Waals surface area contributed by atoms with Crippen LogP contribution in [0.5, 0.6) is 0 Å². The summed E-state index contributed by atoms with van der Waals surface area (Å²) in [6, 6.07) is 0.454. The maximum atomic E-state index is 4.93. The number of imidazole rings is 1. The fourth-order valence-electron chi connectivity index (χ4n) is 3.85. The molecule has 0 unspecified atom stereocenters. The summed E-state index contributed by atoms with van der Waals surface area (Å²) in [6.07, 6.45) is 11.6. The van der Waals surface area contributed by atoms with Crippen molar-refractivity contribution in [2.24, 2.45) is 0 Å². The second kappa shape index (κ2) is 5.88. The van der Waals surface area contributed by atoms with Crippen molar-refractivity contribution in [3.8, 4) is 0 Å². The summed E-state index contributed by atoms with van der Waals surface area (Å²) in [7, 11) is 0. The molecule has 0 saturated carbocycles. The SMILES string of the molecule is CCn1cc(CN2CCC[C@@H]2c2nc3c([nH]2)CCCC3)cn1. The summed E-state index contributed by atoms with van der Waals surface area (Å²) in [5.41, 5.74) is 4.03. The molecule has 1 fully saturated rings. The van der Waals surface area contributed by atoms with Gasteiger partial charge in [-0.2, -0.15) is 5.10 Å². The molecule has 1 atom stereocenters.